The zero-order chi connectivity index (χ0) is 15.9. The monoisotopic (exact) mass is 343 g/mol. The molecular weight excluding hydrogens is 322 g/mol. The first-order chi connectivity index (χ1) is 10.6. The maximum absolute atomic E-state index is 11.9. The fourth-order valence-electron chi connectivity index (χ4n) is 2.22. The Labute approximate surface area is 138 Å². The van der Waals surface area contributed by atoms with Crippen LogP contribution in [-0.4, -0.2) is 53.4 Å². The summed E-state index contributed by atoms with van der Waals surface area (Å²) in [5.41, 5.74) is 0.985. The number of ether oxygens (including phenoxy) is 1. The number of rotatable bonds is 5. The Morgan fingerprint density at radius 2 is 2.23 bits per heavy atom. The lowest BCUT2D eigenvalue weighted by Gasteiger charge is -2.31. The van der Waals surface area contributed by atoms with E-state index in [0.29, 0.717) is 25.4 Å². The van der Waals surface area contributed by atoms with Gasteiger partial charge in [0.15, 0.2) is 4.34 Å². The second-order valence-corrected chi connectivity index (χ2v) is 7.15. The van der Waals surface area contributed by atoms with Crippen LogP contribution in [0.1, 0.15) is 25.5 Å². The highest BCUT2D eigenvalue weighted by molar-refractivity contribution is 8.01. The minimum Gasteiger partial charge on any atom is -0.450 e. The number of carbonyl (C=O) groups excluding carboxylic acids is 2. The Balaban J connectivity index is 1.67. The second-order valence-electron chi connectivity index (χ2n) is 5.07. The molecule has 122 valence electrons. The smallest absolute Gasteiger partial charge is 0.409 e. The van der Waals surface area contributed by atoms with Crippen LogP contribution in [0.2, 0.25) is 0 Å². The van der Waals surface area contributed by atoms with Gasteiger partial charge in [0.1, 0.15) is 0 Å². The van der Waals surface area contributed by atoms with Crippen LogP contribution in [0.3, 0.4) is 0 Å². The van der Waals surface area contributed by atoms with Crippen molar-refractivity contribution < 1.29 is 14.3 Å². The predicted octanol–water partition coefficient (Wildman–Crippen LogP) is 2.28. The molecule has 1 fully saturated rings. The Morgan fingerprint density at radius 1 is 1.50 bits per heavy atom. The van der Waals surface area contributed by atoms with Crippen molar-refractivity contribution in [2.24, 2.45) is 0 Å². The molecule has 1 N–H and O–H groups in total. The SMILES string of the molecule is CCOC(=O)N1CCC(NC(=O)CSc2nc(C)cs2)CC1. The predicted molar refractivity (Wildman–Crippen MR) is 87.3 cm³/mol. The third-order valence-electron chi connectivity index (χ3n) is 3.31. The van der Waals surface area contributed by atoms with Gasteiger partial charge in [-0.15, -0.1) is 11.3 Å². The minimum atomic E-state index is -0.262. The van der Waals surface area contributed by atoms with Crippen molar-refractivity contribution in [3.63, 3.8) is 0 Å². The van der Waals surface area contributed by atoms with E-state index in [1.807, 2.05) is 12.3 Å². The molecule has 0 aromatic carbocycles. The number of amides is 2. The molecule has 2 rings (SSSR count). The van der Waals surface area contributed by atoms with E-state index >= 15 is 0 Å². The van der Waals surface area contributed by atoms with Gasteiger partial charge < -0.3 is 15.0 Å². The molecule has 0 atom stereocenters. The van der Waals surface area contributed by atoms with Crippen LogP contribution in [0.15, 0.2) is 9.72 Å². The lowest BCUT2D eigenvalue weighted by molar-refractivity contribution is -0.119. The van der Waals surface area contributed by atoms with E-state index < -0.39 is 0 Å². The topological polar surface area (TPSA) is 71.5 Å². The van der Waals surface area contributed by atoms with Crippen LogP contribution >= 0.6 is 23.1 Å². The van der Waals surface area contributed by atoms with Gasteiger partial charge in [-0.3, -0.25) is 4.79 Å². The molecule has 6 nitrogen and oxygen atoms in total. The number of carbonyl (C=O) groups is 2. The number of hydrogen-bond acceptors (Lipinski definition) is 6. The molecule has 1 aromatic rings. The molecule has 0 radical (unpaired) electrons. The van der Waals surface area contributed by atoms with Crippen LogP contribution < -0.4 is 5.32 Å². The standard InChI is InChI=1S/C14H21N3O3S2/c1-3-20-14(19)17-6-4-11(5-7-17)16-12(18)9-22-13-15-10(2)8-21-13/h8,11H,3-7,9H2,1-2H3,(H,16,18). The summed E-state index contributed by atoms with van der Waals surface area (Å²) >= 11 is 3.02. The molecule has 1 aliphatic heterocycles. The van der Waals surface area contributed by atoms with E-state index in [1.54, 1.807) is 23.2 Å². The molecule has 8 heteroatoms. The fraction of sp³-hybridized carbons (Fsp3) is 0.643. The number of piperidine rings is 1. The van der Waals surface area contributed by atoms with E-state index in [0.717, 1.165) is 22.9 Å². The maximum Gasteiger partial charge on any atom is 0.409 e. The first-order valence-electron chi connectivity index (χ1n) is 7.34. The van der Waals surface area contributed by atoms with Crippen molar-refractivity contribution in [3.8, 4) is 0 Å². The van der Waals surface area contributed by atoms with Gasteiger partial charge >= 0.3 is 6.09 Å². The molecule has 2 heterocycles. The third kappa shape index (κ3) is 5.17. The van der Waals surface area contributed by atoms with Crippen LogP contribution in [0.4, 0.5) is 4.79 Å². The summed E-state index contributed by atoms with van der Waals surface area (Å²) in [6.07, 6.45) is 1.28. The van der Waals surface area contributed by atoms with E-state index in [-0.39, 0.29) is 18.0 Å². The molecule has 2 amide bonds. The van der Waals surface area contributed by atoms with Crippen LogP contribution in [0, 0.1) is 6.92 Å². The van der Waals surface area contributed by atoms with Gasteiger partial charge in [-0.2, -0.15) is 0 Å². The Morgan fingerprint density at radius 3 is 2.82 bits per heavy atom. The molecule has 1 aliphatic rings. The van der Waals surface area contributed by atoms with E-state index in [9.17, 15) is 9.59 Å². The van der Waals surface area contributed by atoms with Crippen molar-refractivity contribution in [1.29, 1.82) is 0 Å². The first-order valence-corrected chi connectivity index (χ1v) is 9.21. The largest absolute Gasteiger partial charge is 0.450 e. The van der Waals surface area contributed by atoms with Crippen LogP contribution in [-0.2, 0) is 9.53 Å². The zero-order valence-electron chi connectivity index (χ0n) is 12.8. The molecule has 1 saturated heterocycles. The molecule has 0 bridgehead atoms. The number of likely N-dealkylation sites (tertiary alicyclic amines) is 1. The van der Waals surface area contributed by atoms with Gasteiger partial charge in [-0.25, -0.2) is 9.78 Å². The van der Waals surface area contributed by atoms with Crippen LogP contribution in [0.25, 0.3) is 0 Å². The molecule has 0 spiro atoms. The number of aromatic nitrogens is 1. The van der Waals surface area contributed by atoms with Gasteiger partial charge in [0.2, 0.25) is 5.91 Å². The molecular formula is C14H21N3O3S2. The van der Waals surface area contributed by atoms with E-state index in [1.165, 1.54) is 11.8 Å². The summed E-state index contributed by atoms with van der Waals surface area (Å²) < 4.78 is 5.90. The van der Waals surface area contributed by atoms with Crippen LogP contribution in [0.5, 0.6) is 0 Å². The van der Waals surface area contributed by atoms with Crippen molar-refractivity contribution in [3.05, 3.63) is 11.1 Å². The normalized spacial score (nSPS) is 15.6. The van der Waals surface area contributed by atoms with Crippen molar-refractivity contribution in [1.82, 2.24) is 15.2 Å². The second kappa shape index (κ2) is 8.38. The highest BCUT2D eigenvalue weighted by Crippen LogP contribution is 2.22. The van der Waals surface area contributed by atoms with Crippen molar-refractivity contribution in [2.75, 3.05) is 25.4 Å². The van der Waals surface area contributed by atoms with E-state index in [2.05, 4.69) is 10.3 Å². The quantitative estimate of drug-likeness (QED) is 0.831. The van der Waals surface area contributed by atoms with Gasteiger partial charge in [0.05, 0.1) is 12.4 Å². The molecule has 1 aromatic heterocycles. The summed E-state index contributed by atoms with van der Waals surface area (Å²) in [6, 6.07) is 0.136. The average molecular weight is 343 g/mol. The Bertz CT molecular complexity index is 513. The van der Waals surface area contributed by atoms with Crippen molar-refractivity contribution >= 4 is 35.1 Å². The number of aryl methyl sites for hydroxylation is 1. The summed E-state index contributed by atoms with van der Waals surface area (Å²) in [5.74, 6) is 0.401. The van der Waals surface area contributed by atoms with Gasteiger partial charge in [-0.05, 0) is 26.7 Å². The molecule has 0 unspecified atom stereocenters. The Kier molecular flexibility index (Phi) is 6.50. The Hall–Kier alpha value is -1.28. The average Bonchev–Trinajstić information content (AvgIpc) is 2.92. The fourth-order valence-corrected chi connectivity index (χ4v) is 3.88. The minimum absolute atomic E-state index is 0.0208. The van der Waals surface area contributed by atoms with Gasteiger partial charge in [0.25, 0.3) is 0 Å². The first kappa shape index (κ1) is 17.1. The maximum atomic E-state index is 11.9. The summed E-state index contributed by atoms with van der Waals surface area (Å²) in [4.78, 5) is 29.6. The highest BCUT2D eigenvalue weighted by Gasteiger charge is 2.24. The third-order valence-corrected chi connectivity index (χ3v) is 5.45. The summed E-state index contributed by atoms with van der Waals surface area (Å²) in [7, 11) is 0. The lowest BCUT2D eigenvalue weighted by Crippen LogP contribution is -2.47. The highest BCUT2D eigenvalue weighted by atomic mass is 32.2. The number of thioether (sulfide) groups is 1. The summed E-state index contributed by atoms with van der Waals surface area (Å²) in [6.45, 7) is 5.39. The number of thiazole rings is 1. The zero-order valence-corrected chi connectivity index (χ0v) is 14.5. The molecule has 22 heavy (non-hydrogen) atoms. The summed E-state index contributed by atoms with van der Waals surface area (Å²) in [5, 5.41) is 5.00. The van der Waals surface area contributed by atoms with Gasteiger partial charge in [-0.1, -0.05) is 11.8 Å². The lowest BCUT2D eigenvalue weighted by atomic mass is 10.1. The number of hydrogen-bond donors (Lipinski definition) is 1. The molecule has 0 aliphatic carbocycles. The van der Waals surface area contributed by atoms with Crippen molar-refractivity contribution in [2.45, 2.75) is 37.1 Å². The number of nitrogens with one attached hydrogen (secondary N) is 1. The number of nitrogens with zero attached hydrogens (tertiary/aromatic N) is 2. The molecule has 0 saturated carbocycles. The van der Waals surface area contributed by atoms with E-state index in [4.69, 9.17) is 4.74 Å². The van der Waals surface area contributed by atoms with Gasteiger partial charge in [0, 0.05) is 30.2 Å².